The van der Waals surface area contributed by atoms with Crippen LogP contribution in [0.3, 0.4) is 0 Å². The van der Waals surface area contributed by atoms with Crippen LogP contribution in [-0.4, -0.2) is 23.0 Å². The fraction of sp³-hybridized carbons (Fsp3) is 0.0625. The van der Waals surface area contributed by atoms with Gasteiger partial charge in [0.25, 0.3) is 0 Å². The van der Waals surface area contributed by atoms with Crippen molar-refractivity contribution in [1.29, 1.82) is 0 Å². The third kappa shape index (κ3) is 4.73. The van der Waals surface area contributed by atoms with E-state index in [1.165, 1.54) is 12.1 Å². The molecule has 0 radical (unpaired) electrons. The topological polar surface area (TPSA) is 152 Å². The van der Waals surface area contributed by atoms with Crippen molar-refractivity contribution in [1.82, 2.24) is 0 Å². The Labute approximate surface area is 138 Å². The van der Waals surface area contributed by atoms with Gasteiger partial charge < -0.3 is 27.6 Å². The van der Waals surface area contributed by atoms with Gasteiger partial charge in [0.05, 0.1) is 16.9 Å². The lowest BCUT2D eigenvalue weighted by atomic mass is 10.1. The molecule has 0 fully saturated rings. The number of rotatable bonds is 5. The standard InChI is InChI=1S/C16H18N6O2/c17-15(18)22-16(19)21-13-8-11(14(23)24)6-7-12(13)20-9-10-4-2-1-3-5-10/h1-8,20H,9H2,(H,23,24)(H6,17,18,19,21,22). The van der Waals surface area contributed by atoms with Crippen molar-refractivity contribution in [2.45, 2.75) is 6.54 Å². The number of anilines is 1. The molecule has 2 rings (SSSR count). The van der Waals surface area contributed by atoms with Crippen LogP contribution in [0.15, 0.2) is 58.5 Å². The Morgan fingerprint density at radius 1 is 1.08 bits per heavy atom. The Balaban J connectivity index is 2.32. The van der Waals surface area contributed by atoms with E-state index in [2.05, 4.69) is 15.3 Å². The number of nitrogens with zero attached hydrogens (tertiary/aromatic N) is 2. The molecule has 0 spiro atoms. The Bertz CT molecular complexity index is 782. The normalized spacial score (nSPS) is 10.9. The molecule has 0 aliphatic carbocycles. The maximum atomic E-state index is 11.1. The van der Waals surface area contributed by atoms with Gasteiger partial charge in [-0.3, -0.25) is 0 Å². The highest BCUT2D eigenvalue weighted by molar-refractivity contribution is 5.95. The number of aliphatic imine (C=N–C) groups is 2. The smallest absolute Gasteiger partial charge is 0.335 e. The molecule has 0 aromatic heterocycles. The van der Waals surface area contributed by atoms with E-state index in [1.54, 1.807) is 6.07 Å². The number of carbonyl (C=O) groups is 1. The Morgan fingerprint density at radius 2 is 1.79 bits per heavy atom. The van der Waals surface area contributed by atoms with Crippen molar-refractivity contribution in [3.63, 3.8) is 0 Å². The number of guanidine groups is 2. The van der Waals surface area contributed by atoms with E-state index in [1.807, 2.05) is 30.3 Å². The van der Waals surface area contributed by atoms with E-state index in [0.29, 0.717) is 17.9 Å². The molecule has 8 nitrogen and oxygen atoms in total. The molecule has 2 aromatic carbocycles. The van der Waals surface area contributed by atoms with Crippen molar-refractivity contribution in [3.05, 3.63) is 59.7 Å². The average Bonchev–Trinajstić information content (AvgIpc) is 2.53. The first kappa shape index (κ1) is 16.8. The second-order valence-electron chi connectivity index (χ2n) is 4.88. The summed E-state index contributed by atoms with van der Waals surface area (Å²) >= 11 is 0. The third-order valence-corrected chi connectivity index (χ3v) is 3.05. The molecule has 0 saturated heterocycles. The average molecular weight is 326 g/mol. The lowest BCUT2D eigenvalue weighted by molar-refractivity contribution is 0.0697. The largest absolute Gasteiger partial charge is 0.478 e. The van der Waals surface area contributed by atoms with Gasteiger partial charge in [-0.15, -0.1) is 0 Å². The first-order chi connectivity index (χ1) is 11.5. The van der Waals surface area contributed by atoms with Gasteiger partial charge in [0.2, 0.25) is 5.96 Å². The first-order valence-corrected chi connectivity index (χ1v) is 7.04. The lowest BCUT2D eigenvalue weighted by Crippen LogP contribution is -2.26. The molecule has 0 atom stereocenters. The van der Waals surface area contributed by atoms with Gasteiger partial charge in [0.1, 0.15) is 0 Å². The van der Waals surface area contributed by atoms with Gasteiger partial charge in [-0.2, -0.15) is 4.99 Å². The van der Waals surface area contributed by atoms with Gasteiger partial charge in [-0.25, -0.2) is 9.79 Å². The summed E-state index contributed by atoms with van der Waals surface area (Å²) in [5.74, 6) is -1.47. The molecule has 0 saturated carbocycles. The maximum absolute atomic E-state index is 11.1. The molecule has 124 valence electrons. The molecule has 2 aromatic rings. The van der Waals surface area contributed by atoms with Gasteiger partial charge in [-0.1, -0.05) is 30.3 Å². The molecule has 0 aliphatic heterocycles. The quantitative estimate of drug-likeness (QED) is 0.411. The summed E-state index contributed by atoms with van der Waals surface area (Å²) in [5, 5.41) is 12.3. The summed E-state index contributed by atoms with van der Waals surface area (Å²) < 4.78 is 0. The monoisotopic (exact) mass is 326 g/mol. The highest BCUT2D eigenvalue weighted by atomic mass is 16.4. The fourth-order valence-electron chi connectivity index (χ4n) is 1.98. The number of aromatic carboxylic acids is 1. The van der Waals surface area contributed by atoms with Crippen LogP contribution >= 0.6 is 0 Å². The second-order valence-corrected chi connectivity index (χ2v) is 4.88. The molecule has 0 heterocycles. The van der Waals surface area contributed by atoms with Gasteiger partial charge in [0.15, 0.2) is 5.96 Å². The van der Waals surface area contributed by atoms with Crippen LogP contribution in [0.25, 0.3) is 0 Å². The minimum absolute atomic E-state index is 0.0801. The first-order valence-electron chi connectivity index (χ1n) is 7.04. The number of hydrogen-bond acceptors (Lipinski definition) is 3. The van der Waals surface area contributed by atoms with Crippen molar-refractivity contribution in [3.8, 4) is 0 Å². The van der Waals surface area contributed by atoms with Crippen LogP contribution in [0.1, 0.15) is 15.9 Å². The van der Waals surface area contributed by atoms with Crippen LogP contribution in [0.5, 0.6) is 0 Å². The molecular formula is C16H18N6O2. The number of carboxylic acid groups (broad SMARTS) is 1. The summed E-state index contributed by atoms with van der Waals surface area (Å²) in [6.45, 7) is 0.540. The van der Waals surface area contributed by atoms with Crippen LogP contribution in [0.2, 0.25) is 0 Å². The van der Waals surface area contributed by atoms with E-state index in [9.17, 15) is 4.79 Å². The Kier molecular flexibility index (Phi) is 5.35. The van der Waals surface area contributed by atoms with E-state index in [4.69, 9.17) is 22.3 Å². The van der Waals surface area contributed by atoms with E-state index in [0.717, 1.165) is 5.56 Å². The summed E-state index contributed by atoms with van der Waals surface area (Å²) in [5.41, 5.74) is 18.2. The number of benzene rings is 2. The summed E-state index contributed by atoms with van der Waals surface area (Å²) in [4.78, 5) is 18.8. The zero-order valence-corrected chi connectivity index (χ0v) is 12.8. The number of nitrogens with two attached hydrogens (primary N) is 3. The highest BCUT2D eigenvalue weighted by Crippen LogP contribution is 2.27. The van der Waals surface area contributed by atoms with E-state index in [-0.39, 0.29) is 17.5 Å². The third-order valence-electron chi connectivity index (χ3n) is 3.05. The minimum Gasteiger partial charge on any atom is -0.478 e. The predicted molar refractivity (Wildman–Crippen MR) is 94.3 cm³/mol. The van der Waals surface area contributed by atoms with Gasteiger partial charge >= 0.3 is 5.97 Å². The lowest BCUT2D eigenvalue weighted by Gasteiger charge is -2.10. The van der Waals surface area contributed by atoms with Gasteiger partial charge in [-0.05, 0) is 23.8 Å². The molecule has 0 bridgehead atoms. The fourth-order valence-corrected chi connectivity index (χ4v) is 1.98. The van der Waals surface area contributed by atoms with E-state index < -0.39 is 5.97 Å². The van der Waals surface area contributed by atoms with Crippen LogP contribution in [0.4, 0.5) is 11.4 Å². The number of carboxylic acids is 1. The molecule has 0 unspecified atom stereocenters. The molecule has 24 heavy (non-hydrogen) atoms. The van der Waals surface area contributed by atoms with Crippen LogP contribution in [0, 0.1) is 0 Å². The summed E-state index contributed by atoms with van der Waals surface area (Å²) in [6, 6.07) is 14.2. The van der Waals surface area contributed by atoms with Crippen molar-refractivity contribution in [2.75, 3.05) is 5.32 Å². The van der Waals surface area contributed by atoms with E-state index >= 15 is 0 Å². The van der Waals surface area contributed by atoms with Crippen molar-refractivity contribution < 1.29 is 9.90 Å². The van der Waals surface area contributed by atoms with Crippen LogP contribution in [-0.2, 0) is 6.54 Å². The summed E-state index contributed by atoms with van der Waals surface area (Å²) in [6.07, 6.45) is 0. The van der Waals surface area contributed by atoms with Crippen molar-refractivity contribution in [2.24, 2.45) is 27.2 Å². The SMILES string of the molecule is NC(N)=NC(N)=Nc1cc(C(=O)O)ccc1NCc1ccccc1. The maximum Gasteiger partial charge on any atom is 0.335 e. The highest BCUT2D eigenvalue weighted by Gasteiger charge is 2.09. The zero-order chi connectivity index (χ0) is 17.5. The van der Waals surface area contributed by atoms with Gasteiger partial charge in [0, 0.05) is 6.54 Å². The second kappa shape index (κ2) is 7.63. The Hall–Kier alpha value is -3.55. The zero-order valence-electron chi connectivity index (χ0n) is 12.8. The number of hydrogen-bond donors (Lipinski definition) is 5. The predicted octanol–water partition coefficient (Wildman–Crippen LogP) is 1.22. The molecular weight excluding hydrogens is 308 g/mol. The minimum atomic E-state index is -1.07. The number of nitrogens with one attached hydrogen (secondary N) is 1. The molecule has 8 N–H and O–H groups in total. The molecule has 0 aliphatic rings. The molecule has 8 heteroatoms. The van der Waals surface area contributed by atoms with Crippen LogP contribution < -0.4 is 22.5 Å². The summed E-state index contributed by atoms with van der Waals surface area (Å²) in [7, 11) is 0. The van der Waals surface area contributed by atoms with Crippen molar-refractivity contribution >= 4 is 29.3 Å². The Morgan fingerprint density at radius 3 is 2.42 bits per heavy atom. The molecule has 0 amide bonds.